The first-order valence-electron chi connectivity index (χ1n) is 8.65. The third-order valence-electron chi connectivity index (χ3n) is 4.47. The lowest BCUT2D eigenvalue weighted by molar-refractivity contribution is -0.384. The predicted octanol–water partition coefficient (Wildman–Crippen LogP) is 1.68. The summed E-state index contributed by atoms with van der Waals surface area (Å²) in [5, 5.41) is 13.9. The molecule has 0 atom stereocenters. The van der Waals surface area contributed by atoms with Gasteiger partial charge in [0.15, 0.2) is 0 Å². The number of nitro groups is 1. The van der Waals surface area contributed by atoms with Gasteiger partial charge in [-0.25, -0.2) is 9.37 Å². The SMILES string of the molecule is O=C(NCCN1CCN(c2ncccc2[N+](=O)[O-])CC1)c1ccccc1F. The number of piperazine rings is 1. The molecule has 0 bridgehead atoms. The zero-order valence-electron chi connectivity index (χ0n) is 14.7. The first-order valence-corrected chi connectivity index (χ1v) is 8.65. The van der Waals surface area contributed by atoms with Gasteiger partial charge in [0.25, 0.3) is 5.91 Å². The number of aromatic nitrogens is 1. The number of anilines is 1. The molecule has 27 heavy (non-hydrogen) atoms. The van der Waals surface area contributed by atoms with Crippen LogP contribution < -0.4 is 10.2 Å². The van der Waals surface area contributed by atoms with Gasteiger partial charge in [-0.2, -0.15) is 0 Å². The Morgan fingerprint density at radius 2 is 1.93 bits per heavy atom. The molecular formula is C18H20FN5O3. The number of hydrogen-bond acceptors (Lipinski definition) is 6. The van der Waals surface area contributed by atoms with Crippen molar-refractivity contribution in [3.8, 4) is 0 Å². The fourth-order valence-electron chi connectivity index (χ4n) is 3.03. The van der Waals surface area contributed by atoms with Gasteiger partial charge < -0.3 is 10.2 Å². The minimum absolute atomic E-state index is 0.00287. The Hall–Kier alpha value is -3.07. The number of amides is 1. The van der Waals surface area contributed by atoms with Crippen LogP contribution in [0.15, 0.2) is 42.6 Å². The van der Waals surface area contributed by atoms with Crippen molar-refractivity contribution in [1.29, 1.82) is 0 Å². The van der Waals surface area contributed by atoms with Crippen molar-refractivity contribution in [3.05, 3.63) is 64.1 Å². The summed E-state index contributed by atoms with van der Waals surface area (Å²) in [5.74, 6) is -0.591. The van der Waals surface area contributed by atoms with Crippen LogP contribution in [0.3, 0.4) is 0 Å². The monoisotopic (exact) mass is 373 g/mol. The second-order valence-electron chi connectivity index (χ2n) is 6.17. The molecule has 0 unspecified atom stereocenters. The molecule has 2 aromatic rings. The number of carbonyl (C=O) groups is 1. The van der Waals surface area contributed by atoms with Gasteiger partial charge >= 0.3 is 5.69 Å². The van der Waals surface area contributed by atoms with Crippen molar-refractivity contribution in [2.75, 3.05) is 44.2 Å². The average Bonchev–Trinajstić information content (AvgIpc) is 2.69. The van der Waals surface area contributed by atoms with Crippen molar-refractivity contribution in [2.24, 2.45) is 0 Å². The van der Waals surface area contributed by atoms with Crippen molar-refractivity contribution < 1.29 is 14.1 Å². The Labute approximate surface area is 155 Å². The van der Waals surface area contributed by atoms with Gasteiger partial charge in [0.1, 0.15) is 5.82 Å². The second kappa shape index (κ2) is 8.54. The normalized spacial score (nSPS) is 14.8. The number of halogens is 1. The Kier molecular flexibility index (Phi) is 5.92. The molecular weight excluding hydrogens is 353 g/mol. The van der Waals surface area contributed by atoms with Crippen LogP contribution >= 0.6 is 0 Å². The minimum Gasteiger partial charge on any atom is -0.351 e. The third-order valence-corrected chi connectivity index (χ3v) is 4.47. The largest absolute Gasteiger partial charge is 0.351 e. The number of rotatable bonds is 6. The Morgan fingerprint density at radius 1 is 1.19 bits per heavy atom. The topological polar surface area (TPSA) is 91.6 Å². The molecule has 0 spiro atoms. The van der Waals surface area contributed by atoms with Crippen LogP contribution in [0.5, 0.6) is 0 Å². The Bertz CT molecular complexity index is 824. The van der Waals surface area contributed by atoms with E-state index in [0.29, 0.717) is 45.1 Å². The van der Waals surface area contributed by atoms with Crippen LogP contribution in [-0.4, -0.2) is 60.0 Å². The molecule has 2 heterocycles. The maximum absolute atomic E-state index is 13.6. The van der Waals surface area contributed by atoms with Gasteiger partial charge in [-0.3, -0.25) is 19.8 Å². The maximum atomic E-state index is 13.6. The van der Waals surface area contributed by atoms with Crippen molar-refractivity contribution in [1.82, 2.24) is 15.2 Å². The van der Waals surface area contributed by atoms with Crippen molar-refractivity contribution in [2.45, 2.75) is 0 Å². The molecule has 1 fully saturated rings. The van der Waals surface area contributed by atoms with E-state index in [1.807, 2.05) is 4.90 Å². The molecule has 1 N–H and O–H groups in total. The van der Waals surface area contributed by atoms with E-state index in [-0.39, 0.29) is 11.3 Å². The van der Waals surface area contributed by atoms with E-state index in [4.69, 9.17) is 0 Å². The fourth-order valence-corrected chi connectivity index (χ4v) is 3.03. The van der Waals surface area contributed by atoms with E-state index < -0.39 is 16.6 Å². The smallest absolute Gasteiger partial charge is 0.311 e. The fraction of sp³-hybridized carbons (Fsp3) is 0.333. The molecule has 1 amide bonds. The zero-order chi connectivity index (χ0) is 19.2. The zero-order valence-corrected chi connectivity index (χ0v) is 14.7. The van der Waals surface area contributed by atoms with Crippen molar-refractivity contribution in [3.63, 3.8) is 0 Å². The highest BCUT2D eigenvalue weighted by Crippen LogP contribution is 2.25. The minimum atomic E-state index is -0.541. The van der Waals surface area contributed by atoms with Crippen LogP contribution in [0.2, 0.25) is 0 Å². The molecule has 9 heteroatoms. The molecule has 0 saturated carbocycles. The summed E-state index contributed by atoms with van der Waals surface area (Å²) in [4.78, 5) is 30.9. The molecule has 0 radical (unpaired) electrons. The number of carbonyl (C=O) groups excluding carboxylic acids is 1. The summed E-state index contributed by atoms with van der Waals surface area (Å²) in [5.41, 5.74) is 0.0351. The van der Waals surface area contributed by atoms with Crippen LogP contribution in [-0.2, 0) is 0 Å². The lowest BCUT2D eigenvalue weighted by Crippen LogP contribution is -2.48. The highest BCUT2D eigenvalue weighted by molar-refractivity contribution is 5.94. The maximum Gasteiger partial charge on any atom is 0.311 e. The molecule has 1 aromatic heterocycles. The van der Waals surface area contributed by atoms with E-state index in [1.54, 1.807) is 18.3 Å². The van der Waals surface area contributed by atoms with Crippen molar-refractivity contribution >= 4 is 17.4 Å². The highest BCUT2D eigenvalue weighted by atomic mass is 19.1. The van der Waals surface area contributed by atoms with E-state index >= 15 is 0 Å². The molecule has 3 rings (SSSR count). The summed E-state index contributed by atoms with van der Waals surface area (Å²) >= 11 is 0. The van der Waals surface area contributed by atoms with E-state index in [2.05, 4.69) is 15.2 Å². The molecule has 1 saturated heterocycles. The summed E-state index contributed by atoms with van der Waals surface area (Å²) in [6, 6.07) is 8.86. The van der Waals surface area contributed by atoms with Crippen LogP contribution in [0.1, 0.15) is 10.4 Å². The first-order chi connectivity index (χ1) is 13.1. The van der Waals surface area contributed by atoms with Gasteiger partial charge in [-0.1, -0.05) is 12.1 Å². The van der Waals surface area contributed by atoms with E-state index in [1.165, 1.54) is 24.3 Å². The molecule has 1 aliphatic rings. The van der Waals surface area contributed by atoms with Gasteiger partial charge in [0.2, 0.25) is 5.82 Å². The molecule has 1 aliphatic heterocycles. The van der Waals surface area contributed by atoms with E-state index in [0.717, 1.165) is 0 Å². The summed E-state index contributed by atoms with van der Waals surface area (Å²) in [7, 11) is 0. The van der Waals surface area contributed by atoms with Crippen LogP contribution in [0, 0.1) is 15.9 Å². The number of benzene rings is 1. The van der Waals surface area contributed by atoms with Gasteiger partial charge in [-0.15, -0.1) is 0 Å². The Balaban J connectivity index is 1.47. The average molecular weight is 373 g/mol. The Morgan fingerprint density at radius 3 is 2.63 bits per heavy atom. The standard InChI is InChI=1S/C18H20FN5O3/c19-15-5-2-1-4-14(15)18(25)21-8-9-22-10-12-23(13-11-22)17-16(24(26)27)6-3-7-20-17/h1-7H,8-13H2,(H,21,25). The number of nitrogens with one attached hydrogen (secondary N) is 1. The lowest BCUT2D eigenvalue weighted by Gasteiger charge is -2.35. The van der Waals surface area contributed by atoms with E-state index in [9.17, 15) is 19.3 Å². The van der Waals surface area contributed by atoms with Crippen LogP contribution in [0.25, 0.3) is 0 Å². The molecule has 1 aromatic carbocycles. The third kappa shape index (κ3) is 4.56. The predicted molar refractivity (Wildman–Crippen MR) is 98.3 cm³/mol. The molecule has 0 aliphatic carbocycles. The number of hydrogen-bond donors (Lipinski definition) is 1. The summed E-state index contributed by atoms with van der Waals surface area (Å²) in [6.45, 7) is 3.64. The number of nitrogens with zero attached hydrogens (tertiary/aromatic N) is 4. The van der Waals surface area contributed by atoms with Crippen LogP contribution in [0.4, 0.5) is 15.9 Å². The van der Waals surface area contributed by atoms with Gasteiger partial charge in [0.05, 0.1) is 10.5 Å². The molecule has 8 nitrogen and oxygen atoms in total. The second-order valence-corrected chi connectivity index (χ2v) is 6.17. The summed E-state index contributed by atoms with van der Waals surface area (Å²) < 4.78 is 13.6. The molecule has 142 valence electrons. The summed E-state index contributed by atoms with van der Waals surface area (Å²) in [6.07, 6.45) is 1.55. The lowest BCUT2D eigenvalue weighted by atomic mass is 10.2. The number of pyridine rings is 1. The highest BCUT2D eigenvalue weighted by Gasteiger charge is 2.24. The quantitative estimate of drug-likeness (QED) is 0.612. The van der Waals surface area contributed by atoms with Gasteiger partial charge in [-0.05, 0) is 18.2 Å². The van der Waals surface area contributed by atoms with Gasteiger partial charge in [0, 0.05) is 51.5 Å². The first kappa shape index (κ1) is 18.7.